The predicted octanol–water partition coefficient (Wildman–Crippen LogP) is 4.94. The minimum absolute atomic E-state index is 0.100. The van der Waals surface area contributed by atoms with Crippen LogP contribution in [-0.2, 0) is 6.42 Å². The number of rotatable bonds is 4. The molecule has 1 amide bonds. The summed E-state index contributed by atoms with van der Waals surface area (Å²) in [5.41, 5.74) is 2.65. The highest BCUT2D eigenvalue weighted by atomic mass is 35.5. The van der Waals surface area contributed by atoms with Gasteiger partial charge in [-0.05, 0) is 53.3 Å². The molecule has 5 rings (SSSR count). The molecule has 0 bridgehead atoms. The number of methoxy groups -OCH3 is 2. The molecule has 0 saturated carbocycles. The Labute approximate surface area is 188 Å². The molecule has 1 aromatic heterocycles. The first kappa shape index (κ1) is 20.0. The summed E-state index contributed by atoms with van der Waals surface area (Å²) in [4.78, 5) is 16.6. The molecule has 31 heavy (non-hydrogen) atoms. The van der Waals surface area contributed by atoms with Crippen LogP contribution in [0.25, 0.3) is 0 Å². The number of thiophene rings is 1. The van der Waals surface area contributed by atoms with Crippen LogP contribution in [0.4, 0.5) is 0 Å². The Morgan fingerprint density at radius 3 is 2.71 bits per heavy atom. The lowest BCUT2D eigenvalue weighted by molar-refractivity contribution is 0.0696. The van der Waals surface area contributed by atoms with Crippen LogP contribution in [0.5, 0.6) is 23.0 Å². The van der Waals surface area contributed by atoms with E-state index < -0.39 is 0 Å². The lowest BCUT2D eigenvalue weighted by Gasteiger charge is -2.37. The van der Waals surface area contributed by atoms with Crippen molar-refractivity contribution in [3.05, 3.63) is 68.4 Å². The second kappa shape index (κ2) is 7.98. The van der Waals surface area contributed by atoms with Gasteiger partial charge in [-0.1, -0.05) is 17.7 Å². The molecule has 2 aliphatic heterocycles. The molecule has 1 atom stereocenters. The molecule has 6 nitrogen and oxygen atoms in total. The van der Waals surface area contributed by atoms with Crippen molar-refractivity contribution in [2.24, 2.45) is 0 Å². The normalized spacial score (nSPS) is 16.7. The molecule has 0 N–H and O–H groups in total. The molecule has 3 heterocycles. The van der Waals surface area contributed by atoms with Gasteiger partial charge in [0.15, 0.2) is 23.0 Å². The zero-order valence-electron chi connectivity index (χ0n) is 17.0. The van der Waals surface area contributed by atoms with Gasteiger partial charge in [-0.25, -0.2) is 0 Å². The number of hydrogen-bond donors (Lipinski definition) is 0. The van der Waals surface area contributed by atoms with Gasteiger partial charge < -0.3 is 23.8 Å². The largest absolute Gasteiger partial charge is 0.493 e. The first-order chi connectivity index (χ1) is 15.1. The van der Waals surface area contributed by atoms with E-state index in [-0.39, 0.29) is 18.7 Å². The van der Waals surface area contributed by atoms with Gasteiger partial charge in [0.2, 0.25) is 6.79 Å². The summed E-state index contributed by atoms with van der Waals surface area (Å²) < 4.78 is 21.9. The first-order valence-corrected chi connectivity index (χ1v) is 11.0. The molecule has 160 valence electrons. The SMILES string of the molecule is COc1cc2c(cc1OC)C(c1cccs1)N(C(=O)c1cc(Cl)c3c(c1)OCO3)CC2. The standard InChI is InChI=1S/C23H20ClNO5S/c1-27-17-9-13-5-6-25(21(20-4-3-7-31-20)15(13)11-18(17)28-2)23(26)14-8-16(24)22-19(10-14)29-12-30-22/h3-4,7-11,21H,5-6,12H2,1-2H3. The third kappa shape index (κ3) is 3.38. The van der Waals surface area contributed by atoms with Crippen LogP contribution in [-0.4, -0.2) is 38.4 Å². The number of benzene rings is 2. The molecule has 2 aromatic carbocycles. The van der Waals surface area contributed by atoms with Crippen LogP contribution < -0.4 is 18.9 Å². The third-order valence-corrected chi connectivity index (χ3v) is 6.83. The average molecular weight is 458 g/mol. The molecule has 2 aliphatic rings. The number of carbonyl (C=O) groups excluding carboxylic acids is 1. The Hall–Kier alpha value is -2.90. The molecule has 0 spiro atoms. The molecule has 0 fully saturated rings. The zero-order chi connectivity index (χ0) is 21.5. The lowest BCUT2D eigenvalue weighted by Crippen LogP contribution is -2.40. The van der Waals surface area contributed by atoms with Gasteiger partial charge in [-0.2, -0.15) is 0 Å². The van der Waals surface area contributed by atoms with Gasteiger partial charge >= 0.3 is 0 Å². The van der Waals surface area contributed by atoms with Crippen molar-refractivity contribution < 1.29 is 23.7 Å². The Kier molecular flexibility index (Phi) is 5.16. The van der Waals surface area contributed by atoms with Gasteiger partial charge in [-0.15, -0.1) is 11.3 Å². The number of amides is 1. The summed E-state index contributed by atoms with van der Waals surface area (Å²) in [6.45, 7) is 0.666. The highest BCUT2D eigenvalue weighted by Crippen LogP contribution is 2.44. The highest BCUT2D eigenvalue weighted by molar-refractivity contribution is 7.10. The Morgan fingerprint density at radius 2 is 1.97 bits per heavy atom. The summed E-state index contributed by atoms with van der Waals surface area (Å²) in [7, 11) is 3.24. The maximum absolute atomic E-state index is 13.7. The Balaban J connectivity index is 1.60. The van der Waals surface area contributed by atoms with E-state index in [0.717, 1.165) is 16.0 Å². The molecule has 0 aliphatic carbocycles. The second-order valence-corrected chi connectivity index (χ2v) is 8.65. The molecule has 1 unspecified atom stereocenters. The summed E-state index contributed by atoms with van der Waals surface area (Å²) in [5, 5.41) is 2.39. The quantitative estimate of drug-likeness (QED) is 0.555. The number of halogens is 1. The monoisotopic (exact) mass is 457 g/mol. The fourth-order valence-corrected chi connectivity index (χ4v) is 5.29. The van der Waals surface area contributed by atoms with Crippen molar-refractivity contribution in [1.82, 2.24) is 4.90 Å². The van der Waals surface area contributed by atoms with E-state index in [4.69, 9.17) is 30.5 Å². The number of nitrogens with zero attached hydrogens (tertiary/aromatic N) is 1. The van der Waals surface area contributed by atoms with Crippen molar-refractivity contribution >= 4 is 28.8 Å². The van der Waals surface area contributed by atoms with Gasteiger partial charge in [0.25, 0.3) is 5.91 Å². The number of hydrogen-bond acceptors (Lipinski definition) is 6. The van der Waals surface area contributed by atoms with Crippen molar-refractivity contribution in [2.75, 3.05) is 27.6 Å². The van der Waals surface area contributed by atoms with Gasteiger partial charge in [-0.3, -0.25) is 4.79 Å². The maximum Gasteiger partial charge on any atom is 0.254 e. The minimum atomic E-state index is -0.236. The maximum atomic E-state index is 13.7. The van der Waals surface area contributed by atoms with Crippen LogP contribution >= 0.6 is 22.9 Å². The van der Waals surface area contributed by atoms with Crippen LogP contribution in [0.3, 0.4) is 0 Å². The molecule has 0 radical (unpaired) electrons. The molecule has 0 saturated heterocycles. The first-order valence-electron chi connectivity index (χ1n) is 9.79. The van der Waals surface area contributed by atoms with E-state index in [0.29, 0.717) is 46.5 Å². The third-order valence-electron chi connectivity index (χ3n) is 5.62. The van der Waals surface area contributed by atoms with Crippen molar-refractivity contribution in [3.8, 4) is 23.0 Å². The van der Waals surface area contributed by atoms with E-state index in [2.05, 4.69) is 0 Å². The van der Waals surface area contributed by atoms with Crippen molar-refractivity contribution in [1.29, 1.82) is 0 Å². The topological polar surface area (TPSA) is 57.2 Å². The van der Waals surface area contributed by atoms with E-state index in [9.17, 15) is 4.79 Å². The smallest absolute Gasteiger partial charge is 0.254 e. The summed E-state index contributed by atoms with van der Waals surface area (Å²) in [6, 6.07) is 11.1. The second-order valence-electron chi connectivity index (χ2n) is 7.26. The summed E-state index contributed by atoms with van der Waals surface area (Å²) in [5.74, 6) is 2.19. The number of fused-ring (bicyclic) bond motifs is 2. The molecular formula is C23H20ClNO5S. The van der Waals surface area contributed by atoms with Gasteiger partial charge in [0.1, 0.15) is 0 Å². The van der Waals surface area contributed by atoms with E-state index >= 15 is 0 Å². The van der Waals surface area contributed by atoms with Crippen LogP contribution in [0.1, 0.15) is 32.4 Å². The van der Waals surface area contributed by atoms with Crippen molar-refractivity contribution in [2.45, 2.75) is 12.5 Å². The summed E-state index contributed by atoms with van der Waals surface area (Å²) >= 11 is 7.96. The fraction of sp³-hybridized carbons (Fsp3) is 0.261. The van der Waals surface area contributed by atoms with Gasteiger partial charge in [0, 0.05) is 17.0 Å². The van der Waals surface area contributed by atoms with E-state index in [1.807, 2.05) is 34.5 Å². The highest BCUT2D eigenvalue weighted by Gasteiger charge is 2.35. The molecular weight excluding hydrogens is 438 g/mol. The van der Waals surface area contributed by atoms with Crippen LogP contribution in [0, 0.1) is 0 Å². The molecule has 3 aromatic rings. The minimum Gasteiger partial charge on any atom is -0.493 e. The Bertz CT molecular complexity index is 1150. The molecule has 8 heteroatoms. The summed E-state index contributed by atoms with van der Waals surface area (Å²) in [6.07, 6.45) is 0.710. The zero-order valence-corrected chi connectivity index (χ0v) is 18.6. The average Bonchev–Trinajstić information content (AvgIpc) is 3.49. The van der Waals surface area contributed by atoms with Crippen molar-refractivity contribution in [3.63, 3.8) is 0 Å². The fourth-order valence-electron chi connectivity index (χ4n) is 4.17. The predicted molar refractivity (Wildman–Crippen MR) is 118 cm³/mol. The van der Waals surface area contributed by atoms with Crippen LogP contribution in [0.15, 0.2) is 41.8 Å². The van der Waals surface area contributed by atoms with E-state index in [1.54, 1.807) is 37.7 Å². The van der Waals surface area contributed by atoms with Crippen LogP contribution in [0.2, 0.25) is 5.02 Å². The number of ether oxygens (including phenoxy) is 4. The van der Waals surface area contributed by atoms with E-state index in [1.165, 1.54) is 0 Å². The van der Waals surface area contributed by atoms with Gasteiger partial charge in [0.05, 0.1) is 25.3 Å². The lowest BCUT2D eigenvalue weighted by atomic mass is 9.90. The Morgan fingerprint density at radius 1 is 1.16 bits per heavy atom. The number of carbonyl (C=O) groups is 1.